The third kappa shape index (κ3) is 5.47. The van der Waals surface area contributed by atoms with Gasteiger partial charge >= 0.3 is 11.8 Å². The van der Waals surface area contributed by atoms with Crippen LogP contribution in [-0.4, -0.2) is 23.0 Å². The molecule has 0 aliphatic heterocycles. The van der Waals surface area contributed by atoms with Gasteiger partial charge in [0, 0.05) is 23.4 Å². The molecule has 0 aliphatic carbocycles. The largest absolute Gasteiger partial charge is 0.455 e. The summed E-state index contributed by atoms with van der Waals surface area (Å²) in [7, 11) is 0. The number of nitrogens with one attached hydrogen (secondary N) is 2. The lowest BCUT2D eigenvalue weighted by molar-refractivity contribution is -0.384. The highest BCUT2D eigenvalue weighted by molar-refractivity contribution is 6.42. The number of nitro groups is 1. The molecule has 0 radical (unpaired) electrons. The Bertz CT molecular complexity index is 1210. The number of anilines is 1. The third-order valence-corrected chi connectivity index (χ3v) is 4.79. The standard InChI is InChI=1S/C20H14Cl2N4O5/c1-11-8-13(26(29)30)3-5-15(11)18-7-4-14(31-18)10-23-25-20(28)19(27)24-12-2-6-16(21)17(22)9-12/h2-10H,1H3,(H,24,27)(H,25,28)/b23-10+. The molecule has 2 amide bonds. The third-order valence-electron chi connectivity index (χ3n) is 4.05. The average Bonchev–Trinajstić information content (AvgIpc) is 3.19. The number of benzene rings is 2. The van der Waals surface area contributed by atoms with Crippen LogP contribution in [-0.2, 0) is 9.59 Å². The first kappa shape index (κ1) is 22.0. The molecular weight excluding hydrogens is 447 g/mol. The summed E-state index contributed by atoms with van der Waals surface area (Å²) in [5.41, 5.74) is 3.71. The maximum Gasteiger partial charge on any atom is 0.329 e. The van der Waals surface area contributed by atoms with Crippen LogP contribution in [0, 0.1) is 17.0 Å². The lowest BCUT2D eigenvalue weighted by Gasteiger charge is -2.05. The Labute approximate surface area is 185 Å². The second kappa shape index (κ2) is 9.41. The van der Waals surface area contributed by atoms with Crippen molar-refractivity contribution in [2.45, 2.75) is 6.92 Å². The number of hydrazone groups is 1. The van der Waals surface area contributed by atoms with Crippen molar-refractivity contribution < 1.29 is 18.9 Å². The normalized spacial score (nSPS) is 10.8. The fraction of sp³-hybridized carbons (Fsp3) is 0.0500. The monoisotopic (exact) mass is 460 g/mol. The molecule has 2 aromatic carbocycles. The van der Waals surface area contributed by atoms with Gasteiger partial charge in [0.05, 0.1) is 21.2 Å². The second-order valence-electron chi connectivity index (χ2n) is 6.24. The van der Waals surface area contributed by atoms with Crippen LogP contribution in [0.2, 0.25) is 10.0 Å². The molecule has 0 spiro atoms. The Morgan fingerprint density at radius 2 is 1.84 bits per heavy atom. The number of aryl methyl sites for hydroxylation is 1. The minimum absolute atomic E-state index is 0.0172. The van der Waals surface area contributed by atoms with E-state index in [0.29, 0.717) is 33.4 Å². The van der Waals surface area contributed by atoms with Crippen LogP contribution in [0.1, 0.15) is 11.3 Å². The van der Waals surface area contributed by atoms with E-state index in [1.165, 1.54) is 36.5 Å². The number of hydrogen-bond donors (Lipinski definition) is 2. The number of rotatable bonds is 5. The maximum atomic E-state index is 11.9. The van der Waals surface area contributed by atoms with Gasteiger partial charge in [-0.05, 0) is 48.9 Å². The second-order valence-corrected chi connectivity index (χ2v) is 7.05. The number of carbonyl (C=O) groups excluding carboxylic acids is 2. The first-order valence-electron chi connectivity index (χ1n) is 8.69. The molecule has 0 saturated heterocycles. The molecule has 0 atom stereocenters. The number of furan rings is 1. The van der Waals surface area contributed by atoms with Crippen LogP contribution in [0.4, 0.5) is 11.4 Å². The van der Waals surface area contributed by atoms with E-state index in [-0.39, 0.29) is 10.7 Å². The van der Waals surface area contributed by atoms with Crippen molar-refractivity contribution in [2.24, 2.45) is 5.10 Å². The molecule has 158 valence electrons. The van der Waals surface area contributed by atoms with Crippen molar-refractivity contribution in [3.63, 3.8) is 0 Å². The Balaban J connectivity index is 1.61. The summed E-state index contributed by atoms with van der Waals surface area (Å²) in [6.45, 7) is 1.73. The molecule has 0 bridgehead atoms. The summed E-state index contributed by atoms with van der Waals surface area (Å²) in [4.78, 5) is 34.1. The van der Waals surface area contributed by atoms with E-state index in [9.17, 15) is 19.7 Å². The summed E-state index contributed by atoms with van der Waals surface area (Å²) >= 11 is 11.7. The summed E-state index contributed by atoms with van der Waals surface area (Å²) < 4.78 is 5.62. The molecule has 3 aromatic rings. The highest BCUT2D eigenvalue weighted by Gasteiger charge is 2.14. The Kier molecular flexibility index (Phi) is 6.68. The van der Waals surface area contributed by atoms with Crippen LogP contribution < -0.4 is 10.7 Å². The zero-order valence-corrected chi connectivity index (χ0v) is 17.4. The van der Waals surface area contributed by atoms with Gasteiger partial charge in [-0.25, -0.2) is 5.43 Å². The summed E-state index contributed by atoms with van der Waals surface area (Å²) in [5.74, 6) is -1.17. The SMILES string of the molecule is Cc1cc([N+](=O)[O-])ccc1-c1ccc(/C=N/NC(=O)C(=O)Nc2ccc(Cl)c(Cl)c2)o1. The van der Waals surface area contributed by atoms with E-state index >= 15 is 0 Å². The lowest BCUT2D eigenvalue weighted by atomic mass is 10.1. The van der Waals surface area contributed by atoms with Gasteiger partial charge in [-0.1, -0.05) is 23.2 Å². The summed E-state index contributed by atoms with van der Waals surface area (Å²) in [6.07, 6.45) is 1.22. The minimum Gasteiger partial charge on any atom is -0.455 e. The van der Waals surface area contributed by atoms with Gasteiger partial charge in [-0.15, -0.1) is 0 Å². The van der Waals surface area contributed by atoms with Gasteiger partial charge in [-0.3, -0.25) is 19.7 Å². The zero-order chi connectivity index (χ0) is 22.5. The van der Waals surface area contributed by atoms with Gasteiger partial charge < -0.3 is 9.73 Å². The van der Waals surface area contributed by atoms with Crippen molar-refractivity contribution in [1.29, 1.82) is 0 Å². The van der Waals surface area contributed by atoms with Gasteiger partial charge in [-0.2, -0.15) is 5.10 Å². The minimum atomic E-state index is -1.000. The van der Waals surface area contributed by atoms with Crippen LogP contribution in [0.25, 0.3) is 11.3 Å². The van der Waals surface area contributed by atoms with Gasteiger partial charge in [0.2, 0.25) is 0 Å². The number of halogens is 2. The predicted octanol–water partition coefficient (Wildman–Crippen LogP) is 4.56. The number of amides is 2. The Hall–Kier alpha value is -3.69. The highest BCUT2D eigenvalue weighted by Crippen LogP contribution is 2.28. The molecule has 0 fully saturated rings. The van der Waals surface area contributed by atoms with Crippen LogP contribution >= 0.6 is 23.2 Å². The van der Waals surface area contributed by atoms with Crippen molar-refractivity contribution in [2.75, 3.05) is 5.32 Å². The number of nitrogens with zero attached hydrogens (tertiary/aromatic N) is 2. The van der Waals surface area contributed by atoms with E-state index in [2.05, 4.69) is 15.8 Å². The fourth-order valence-electron chi connectivity index (χ4n) is 2.57. The first-order chi connectivity index (χ1) is 14.7. The van der Waals surface area contributed by atoms with Crippen LogP contribution in [0.3, 0.4) is 0 Å². The fourth-order valence-corrected chi connectivity index (χ4v) is 2.87. The molecule has 0 saturated carbocycles. The molecular formula is C20H14Cl2N4O5. The topological polar surface area (TPSA) is 127 Å². The molecule has 11 heteroatoms. The number of carbonyl (C=O) groups is 2. The van der Waals surface area contributed by atoms with Crippen LogP contribution in [0.5, 0.6) is 0 Å². The van der Waals surface area contributed by atoms with E-state index in [4.69, 9.17) is 27.6 Å². The molecule has 9 nitrogen and oxygen atoms in total. The van der Waals surface area contributed by atoms with Gasteiger partial charge in [0.1, 0.15) is 11.5 Å². The number of nitro benzene ring substituents is 1. The van der Waals surface area contributed by atoms with E-state index < -0.39 is 16.7 Å². The molecule has 1 heterocycles. The van der Waals surface area contributed by atoms with Gasteiger partial charge in [0.25, 0.3) is 5.69 Å². The van der Waals surface area contributed by atoms with Crippen molar-refractivity contribution >= 4 is 52.6 Å². The molecule has 2 N–H and O–H groups in total. The average molecular weight is 461 g/mol. The number of non-ortho nitro benzene ring substituents is 1. The smallest absolute Gasteiger partial charge is 0.329 e. The quantitative estimate of drug-likeness (QED) is 0.249. The van der Waals surface area contributed by atoms with Crippen LogP contribution in [0.15, 0.2) is 58.0 Å². The Morgan fingerprint density at radius 3 is 2.52 bits per heavy atom. The summed E-state index contributed by atoms with van der Waals surface area (Å²) in [5, 5.41) is 17.4. The highest BCUT2D eigenvalue weighted by atomic mass is 35.5. The molecule has 0 aliphatic rings. The molecule has 0 unspecified atom stereocenters. The van der Waals surface area contributed by atoms with Gasteiger partial charge in [0.15, 0.2) is 0 Å². The van der Waals surface area contributed by atoms with Crippen molar-refractivity contribution in [1.82, 2.24) is 5.43 Å². The lowest BCUT2D eigenvalue weighted by Crippen LogP contribution is -2.32. The van der Waals surface area contributed by atoms with E-state index in [1.54, 1.807) is 25.1 Å². The van der Waals surface area contributed by atoms with E-state index in [0.717, 1.165) is 0 Å². The zero-order valence-electron chi connectivity index (χ0n) is 15.9. The molecule has 1 aromatic heterocycles. The van der Waals surface area contributed by atoms with E-state index in [1.807, 2.05) is 0 Å². The maximum absolute atomic E-state index is 11.9. The molecule has 3 rings (SSSR count). The Morgan fingerprint density at radius 1 is 1.06 bits per heavy atom. The van der Waals surface area contributed by atoms with Crippen molar-refractivity contribution in [3.05, 3.63) is 80.0 Å². The molecule has 31 heavy (non-hydrogen) atoms. The summed E-state index contributed by atoms with van der Waals surface area (Å²) in [6, 6.07) is 12.1. The predicted molar refractivity (Wildman–Crippen MR) is 116 cm³/mol. The number of hydrogen-bond acceptors (Lipinski definition) is 6. The van der Waals surface area contributed by atoms with Crippen molar-refractivity contribution in [3.8, 4) is 11.3 Å². The first-order valence-corrected chi connectivity index (χ1v) is 9.45.